The smallest absolute Gasteiger partial charge is 0.457 e. The van der Waals surface area contributed by atoms with Gasteiger partial charge in [-0.15, -0.1) is 10.2 Å². The van der Waals surface area contributed by atoms with Crippen LogP contribution in [0.15, 0.2) is 48.5 Å². The average Bonchev–Trinajstić information content (AvgIpc) is 3.87. The number of carbonyl (C=O) groups excluding carboxylic acids is 3. The lowest BCUT2D eigenvalue weighted by Crippen LogP contribution is -2.36. The van der Waals surface area contributed by atoms with Gasteiger partial charge in [0.1, 0.15) is 18.0 Å². The highest BCUT2D eigenvalue weighted by molar-refractivity contribution is 6.32. The van der Waals surface area contributed by atoms with E-state index in [1.807, 2.05) is 48.5 Å². The number of fused-ring (bicyclic) bond motifs is 1. The summed E-state index contributed by atoms with van der Waals surface area (Å²) in [4.78, 5) is 41.9. The topological polar surface area (TPSA) is 179 Å². The fourth-order valence-corrected chi connectivity index (χ4v) is 6.17. The van der Waals surface area contributed by atoms with Gasteiger partial charge in [0, 0.05) is 32.4 Å². The lowest BCUT2D eigenvalue weighted by Gasteiger charge is -2.19. The number of tetrazole rings is 1. The van der Waals surface area contributed by atoms with Crippen molar-refractivity contribution >= 4 is 29.7 Å². The van der Waals surface area contributed by atoms with Crippen LogP contribution in [0.4, 0.5) is 4.79 Å². The molecule has 49 heavy (non-hydrogen) atoms. The normalized spacial score (nSPS) is 20.4. The number of esters is 2. The molecule has 2 aromatic heterocycles. The van der Waals surface area contributed by atoms with E-state index in [0.717, 1.165) is 35.1 Å². The van der Waals surface area contributed by atoms with Gasteiger partial charge in [-0.05, 0) is 28.3 Å². The molecule has 6 rings (SSSR count). The van der Waals surface area contributed by atoms with Crippen molar-refractivity contribution in [1.82, 2.24) is 30.2 Å². The Labute approximate surface area is 286 Å². The number of halogens is 1. The molecule has 2 aliphatic rings. The molecule has 0 bridgehead atoms. The lowest BCUT2D eigenvalue weighted by atomic mass is 9.98. The zero-order valence-corrected chi connectivity index (χ0v) is 27.8. The second kappa shape index (κ2) is 15.1. The van der Waals surface area contributed by atoms with Crippen LogP contribution in [0, 0.1) is 0 Å². The molecule has 2 aliphatic heterocycles. The van der Waals surface area contributed by atoms with Crippen LogP contribution in [-0.4, -0.2) is 92.2 Å². The second-order valence-corrected chi connectivity index (χ2v) is 11.9. The van der Waals surface area contributed by atoms with Crippen LogP contribution in [-0.2, 0) is 46.2 Å². The molecule has 258 valence electrons. The third-order valence-electron chi connectivity index (χ3n) is 8.13. The van der Waals surface area contributed by atoms with E-state index in [9.17, 15) is 14.4 Å². The minimum absolute atomic E-state index is 0.0219. The van der Waals surface area contributed by atoms with Crippen molar-refractivity contribution < 1.29 is 42.8 Å². The van der Waals surface area contributed by atoms with Crippen molar-refractivity contribution in [3.8, 4) is 22.5 Å². The lowest BCUT2D eigenvalue weighted by molar-refractivity contribution is -0.151. The van der Waals surface area contributed by atoms with E-state index in [0.29, 0.717) is 18.1 Å². The molecule has 15 nitrogen and oxygen atoms in total. The highest BCUT2D eigenvalue weighted by Crippen LogP contribution is 2.32. The number of hydrogen-bond donors (Lipinski definition) is 1. The molecule has 5 atom stereocenters. The van der Waals surface area contributed by atoms with Crippen molar-refractivity contribution in [2.24, 2.45) is 0 Å². The number of benzene rings is 2. The molecule has 2 aromatic carbocycles. The van der Waals surface area contributed by atoms with Gasteiger partial charge in [0.25, 0.3) is 0 Å². The quantitative estimate of drug-likeness (QED) is 0.124. The van der Waals surface area contributed by atoms with Crippen LogP contribution in [0.5, 0.6) is 0 Å². The molecule has 0 spiro atoms. The molecule has 1 unspecified atom stereocenters. The first-order chi connectivity index (χ1) is 23.7. The molecule has 2 fully saturated rings. The van der Waals surface area contributed by atoms with E-state index in [1.54, 1.807) is 4.57 Å². The molecule has 4 heterocycles. The number of aryl methyl sites for hydroxylation is 1. The Hall–Kier alpha value is -4.86. The van der Waals surface area contributed by atoms with Crippen molar-refractivity contribution in [3.63, 3.8) is 0 Å². The summed E-state index contributed by atoms with van der Waals surface area (Å²) in [6, 6.07) is 15.6. The van der Waals surface area contributed by atoms with Gasteiger partial charge in [-0.3, -0.25) is 4.79 Å². The van der Waals surface area contributed by atoms with Gasteiger partial charge in [0.15, 0.2) is 23.1 Å². The number of hydrogen-bond acceptors (Lipinski definition) is 13. The van der Waals surface area contributed by atoms with Crippen molar-refractivity contribution in [2.45, 2.75) is 77.3 Å². The maximum absolute atomic E-state index is 13.5. The molecule has 0 amide bonds. The highest BCUT2D eigenvalue weighted by atomic mass is 35.5. The SMILES string of the molecule is CCCCc1nc(Cl)c(C(=O)OC(C)OC(=O)O[C@@H]2CO[C@@H]3[C@H]2OC[C@H]3OC(C)=O)n1Cc1ccc(-c2ccccc2-c2nn[nH]n2)cc1. The number of carbonyl (C=O) groups is 3. The third-order valence-corrected chi connectivity index (χ3v) is 8.40. The first kappa shape index (κ1) is 34.0. The van der Waals surface area contributed by atoms with Crippen LogP contribution in [0.3, 0.4) is 0 Å². The van der Waals surface area contributed by atoms with Gasteiger partial charge in [-0.2, -0.15) is 5.21 Å². The Balaban J connectivity index is 1.12. The summed E-state index contributed by atoms with van der Waals surface area (Å²) in [6.07, 6.45) is -2.66. The Morgan fingerprint density at radius 2 is 1.69 bits per heavy atom. The number of imidazole rings is 1. The third kappa shape index (κ3) is 7.74. The number of nitrogens with zero attached hydrogens (tertiary/aromatic N) is 5. The van der Waals surface area contributed by atoms with E-state index in [4.69, 9.17) is 40.0 Å². The van der Waals surface area contributed by atoms with Gasteiger partial charge in [-0.25, -0.2) is 14.6 Å². The van der Waals surface area contributed by atoms with Gasteiger partial charge in [0.05, 0.1) is 13.2 Å². The van der Waals surface area contributed by atoms with Crippen molar-refractivity contribution in [2.75, 3.05) is 13.2 Å². The molecule has 4 aromatic rings. The number of aromatic amines is 1. The first-order valence-electron chi connectivity index (χ1n) is 15.9. The summed E-state index contributed by atoms with van der Waals surface area (Å²) >= 11 is 6.52. The molecular weight excluding hydrogens is 660 g/mol. The van der Waals surface area contributed by atoms with Crippen LogP contribution in [0.25, 0.3) is 22.5 Å². The molecule has 2 saturated heterocycles. The largest absolute Gasteiger partial charge is 0.511 e. The molecule has 0 saturated carbocycles. The zero-order chi connectivity index (χ0) is 34.5. The van der Waals surface area contributed by atoms with Gasteiger partial charge >= 0.3 is 18.1 Å². The minimum Gasteiger partial charge on any atom is -0.457 e. The van der Waals surface area contributed by atoms with Crippen LogP contribution < -0.4 is 0 Å². The molecule has 16 heteroatoms. The monoisotopic (exact) mass is 694 g/mol. The molecular formula is C33H35ClN6O9. The number of aromatic nitrogens is 6. The summed E-state index contributed by atoms with van der Waals surface area (Å²) in [7, 11) is 0. The van der Waals surface area contributed by atoms with E-state index >= 15 is 0 Å². The fraction of sp³-hybridized carbons (Fsp3) is 0.424. The standard InChI is InChI=1S/C33H35ClN6O9/c1-4-5-10-26-35-30(34)27(32(42)47-19(3)48-33(43)49-25-17-45-28-24(46-18(2)41)16-44-29(25)28)40(26)15-20-11-13-21(14-12-20)22-8-6-7-9-23(22)31-36-38-39-37-31/h6-9,11-14,19,24-25,28-29H,4-5,10,15-17H2,1-3H3,(H,36,37,38,39)/t19?,24-,25-,28+,29+/m1/s1. The van der Waals surface area contributed by atoms with Gasteiger partial charge in [0.2, 0.25) is 12.1 Å². The zero-order valence-electron chi connectivity index (χ0n) is 27.0. The van der Waals surface area contributed by atoms with Crippen LogP contribution in [0.1, 0.15) is 55.5 Å². The predicted molar refractivity (Wildman–Crippen MR) is 171 cm³/mol. The number of unbranched alkanes of at least 4 members (excludes halogenated alkanes) is 1. The van der Waals surface area contributed by atoms with Gasteiger partial charge < -0.3 is 33.0 Å². The van der Waals surface area contributed by atoms with E-state index in [-0.39, 0.29) is 30.6 Å². The number of H-pyrrole nitrogens is 1. The average molecular weight is 695 g/mol. The summed E-state index contributed by atoms with van der Waals surface area (Å²) in [5, 5.41) is 14.4. The molecule has 0 radical (unpaired) electrons. The summed E-state index contributed by atoms with van der Waals surface area (Å²) < 4.78 is 34.3. The Bertz CT molecular complexity index is 1780. The van der Waals surface area contributed by atoms with Gasteiger partial charge in [-0.1, -0.05) is 73.5 Å². The number of rotatable bonds is 12. The van der Waals surface area contributed by atoms with Crippen molar-refractivity contribution in [3.05, 3.63) is 70.8 Å². The van der Waals surface area contributed by atoms with E-state index in [2.05, 4.69) is 32.5 Å². The molecule has 1 N–H and O–H groups in total. The summed E-state index contributed by atoms with van der Waals surface area (Å²) in [5.74, 6) is -0.175. The van der Waals surface area contributed by atoms with E-state index in [1.165, 1.54) is 13.8 Å². The first-order valence-corrected chi connectivity index (χ1v) is 16.2. The summed E-state index contributed by atoms with van der Waals surface area (Å²) in [6.45, 7) is 5.16. The maximum atomic E-state index is 13.5. The Kier molecular flexibility index (Phi) is 10.5. The van der Waals surface area contributed by atoms with E-state index < -0.39 is 48.8 Å². The van der Waals surface area contributed by atoms with Crippen molar-refractivity contribution in [1.29, 1.82) is 0 Å². The minimum atomic E-state index is -1.33. The van der Waals surface area contributed by atoms with Crippen LogP contribution >= 0.6 is 11.6 Å². The summed E-state index contributed by atoms with van der Waals surface area (Å²) in [5.41, 5.74) is 3.63. The van der Waals surface area contributed by atoms with Crippen LogP contribution in [0.2, 0.25) is 5.15 Å². The maximum Gasteiger partial charge on any atom is 0.511 e. The number of nitrogens with one attached hydrogen (secondary N) is 1. The fourth-order valence-electron chi connectivity index (χ4n) is 5.90. The highest BCUT2D eigenvalue weighted by Gasteiger charge is 2.51. The number of ether oxygens (including phenoxy) is 6. The second-order valence-electron chi connectivity index (χ2n) is 11.6. The Morgan fingerprint density at radius 1 is 1.00 bits per heavy atom. The predicted octanol–water partition coefficient (Wildman–Crippen LogP) is 4.53. The molecule has 0 aliphatic carbocycles. The Morgan fingerprint density at radius 3 is 2.35 bits per heavy atom.